The standard InChI is InChI=1S/C16H31N3O.2ClH/c1-3-18(4-2)16(20)15(14-8-6-5-7-9-14)19-12-10-17-11-13-19;;/h14-15,17H,3-13H2,1-2H3;2*1H. The summed E-state index contributed by atoms with van der Waals surface area (Å²) in [6, 6.07) is 0.136. The molecule has 1 saturated carbocycles. The topological polar surface area (TPSA) is 35.6 Å². The molecule has 2 fully saturated rings. The first-order chi connectivity index (χ1) is 9.77. The molecule has 22 heavy (non-hydrogen) atoms. The number of amides is 1. The number of hydrogen-bond acceptors (Lipinski definition) is 3. The Balaban J connectivity index is 0.00000220. The first-order valence-corrected chi connectivity index (χ1v) is 8.51. The number of hydrogen-bond donors (Lipinski definition) is 1. The number of rotatable bonds is 5. The van der Waals surface area contributed by atoms with Crippen LogP contribution in [-0.2, 0) is 4.79 Å². The van der Waals surface area contributed by atoms with Crippen LogP contribution >= 0.6 is 24.8 Å². The lowest BCUT2D eigenvalue weighted by atomic mass is 9.82. The van der Waals surface area contributed by atoms with Crippen LogP contribution in [0.3, 0.4) is 0 Å². The van der Waals surface area contributed by atoms with Crippen LogP contribution in [0.4, 0.5) is 0 Å². The van der Waals surface area contributed by atoms with Crippen molar-refractivity contribution in [2.45, 2.75) is 52.0 Å². The van der Waals surface area contributed by atoms with Gasteiger partial charge in [0, 0.05) is 39.3 Å². The Hall–Kier alpha value is -0.0300. The van der Waals surface area contributed by atoms with Gasteiger partial charge < -0.3 is 10.2 Å². The summed E-state index contributed by atoms with van der Waals surface area (Å²) in [7, 11) is 0. The van der Waals surface area contributed by atoms with Crippen molar-refractivity contribution in [3.05, 3.63) is 0 Å². The summed E-state index contributed by atoms with van der Waals surface area (Å²) in [4.78, 5) is 17.4. The minimum atomic E-state index is 0. The summed E-state index contributed by atoms with van der Waals surface area (Å²) >= 11 is 0. The van der Waals surface area contributed by atoms with Crippen LogP contribution in [-0.4, -0.2) is 61.0 Å². The molecular weight excluding hydrogens is 321 g/mol. The third kappa shape index (κ3) is 5.55. The predicted molar refractivity (Wildman–Crippen MR) is 97.2 cm³/mol. The molecule has 6 heteroatoms. The van der Waals surface area contributed by atoms with E-state index in [1.54, 1.807) is 0 Å². The molecule has 0 spiro atoms. The van der Waals surface area contributed by atoms with Crippen LogP contribution in [0.2, 0.25) is 0 Å². The molecule has 4 nitrogen and oxygen atoms in total. The van der Waals surface area contributed by atoms with Crippen LogP contribution < -0.4 is 5.32 Å². The Labute approximate surface area is 148 Å². The van der Waals surface area contributed by atoms with E-state index in [2.05, 4.69) is 24.1 Å². The molecule has 0 aromatic carbocycles. The second kappa shape index (κ2) is 11.5. The number of nitrogens with one attached hydrogen (secondary N) is 1. The Morgan fingerprint density at radius 1 is 1.09 bits per heavy atom. The fourth-order valence-electron chi connectivity index (χ4n) is 3.79. The number of likely N-dealkylation sites (N-methyl/N-ethyl adjacent to an activating group) is 1. The molecule has 1 unspecified atom stereocenters. The molecule has 1 aliphatic carbocycles. The monoisotopic (exact) mass is 353 g/mol. The Morgan fingerprint density at radius 2 is 1.64 bits per heavy atom. The molecule has 0 radical (unpaired) electrons. The lowest BCUT2D eigenvalue weighted by molar-refractivity contribution is -0.139. The molecule has 0 aromatic rings. The Bertz CT molecular complexity index is 284. The van der Waals surface area contributed by atoms with Crippen molar-refractivity contribution < 1.29 is 4.79 Å². The van der Waals surface area contributed by atoms with Gasteiger partial charge in [0.2, 0.25) is 5.91 Å². The van der Waals surface area contributed by atoms with Crippen molar-refractivity contribution in [1.82, 2.24) is 15.1 Å². The van der Waals surface area contributed by atoms with Crippen LogP contribution in [0.1, 0.15) is 46.0 Å². The predicted octanol–water partition coefficient (Wildman–Crippen LogP) is 2.55. The van der Waals surface area contributed by atoms with E-state index in [9.17, 15) is 4.79 Å². The zero-order chi connectivity index (χ0) is 14.4. The molecular formula is C16H33Cl2N3O. The van der Waals surface area contributed by atoms with Gasteiger partial charge in [-0.3, -0.25) is 9.69 Å². The number of halogens is 2. The summed E-state index contributed by atoms with van der Waals surface area (Å²) in [5, 5.41) is 3.40. The summed E-state index contributed by atoms with van der Waals surface area (Å²) < 4.78 is 0. The van der Waals surface area contributed by atoms with Crippen molar-refractivity contribution in [1.29, 1.82) is 0 Å². The summed E-state index contributed by atoms with van der Waals surface area (Å²) in [6.07, 6.45) is 6.44. The van der Waals surface area contributed by atoms with Crippen LogP contribution in [0.15, 0.2) is 0 Å². The first kappa shape index (κ1) is 22.0. The van der Waals surface area contributed by atoms with E-state index in [4.69, 9.17) is 0 Å². The highest BCUT2D eigenvalue weighted by molar-refractivity contribution is 5.85. The van der Waals surface area contributed by atoms with Crippen molar-refractivity contribution in [2.75, 3.05) is 39.3 Å². The highest BCUT2D eigenvalue weighted by atomic mass is 35.5. The Morgan fingerprint density at radius 3 is 2.14 bits per heavy atom. The average Bonchev–Trinajstić information content (AvgIpc) is 2.51. The molecule has 1 aliphatic heterocycles. The van der Waals surface area contributed by atoms with E-state index < -0.39 is 0 Å². The van der Waals surface area contributed by atoms with Gasteiger partial charge in [0.15, 0.2) is 0 Å². The molecule has 1 saturated heterocycles. The quantitative estimate of drug-likeness (QED) is 0.824. The first-order valence-electron chi connectivity index (χ1n) is 8.51. The molecule has 1 heterocycles. The van der Waals surface area contributed by atoms with Gasteiger partial charge in [0.1, 0.15) is 0 Å². The smallest absolute Gasteiger partial charge is 0.240 e. The molecule has 1 atom stereocenters. The third-order valence-corrected chi connectivity index (χ3v) is 4.97. The molecule has 2 aliphatic rings. The van der Waals surface area contributed by atoms with Crippen molar-refractivity contribution in [3.63, 3.8) is 0 Å². The van der Waals surface area contributed by atoms with Gasteiger partial charge in [0.05, 0.1) is 6.04 Å². The minimum Gasteiger partial charge on any atom is -0.342 e. The van der Waals surface area contributed by atoms with Crippen LogP contribution in [0.5, 0.6) is 0 Å². The molecule has 1 N–H and O–H groups in total. The van der Waals surface area contributed by atoms with Gasteiger partial charge in [-0.25, -0.2) is 0 Å². The lowest BCUT2D eigenvalue weighted by Crippen LogP contribution is -2.57. The largest absolute Gasteiger partial charge is 0.342 e. The highest BCUT2D eigenvalue weighted by Gasteiger charge is 2.36. The second-order valence-electron chi connectivity index (χ2n) is 6.14. The fourth-order valence-corrected chi connectivity index (χ4v) is 3.79. The van der Waals surface area contributed by atoms with Crippen molar-refractivity contribution in [2.24, 2.45) is 5.92 Å². The van der Waals surface area contributed by atoms with E-state index in [-0.39, 0.29) is 30.9 Å². The van der Waals surface area contributed by atoms with Crippen LogP contribution in [0, 0.1) is 5.92 Å². The fraction of sp³-hybridized carbons (Fsp3) is 0.938. The van der Waals surface area contributed by atoms with Crippen LogP contribution in [0.25, 0.3) is 0 Å². The molecule has 2 rings (SSSR count). The van der Waals surface area contributed by atoms with Crippen molar-refractivity contribution >= 4 is 30.7 Å². The number of piperazine rings is 1. The average molecular weight is 354 g/mol. The Kier molecular flexibility index (Phi) is 11.5. The SMILES string of the molecule is CCN(CC)C(=O)C(C1CCCCC1)N1CCNCC1.Cl.Cl. The lowest BCUT2D eigenvalue weighted by Gasteiger charge is -2.41. The number of carbonyl (C=O) groups excluding carboxylic acids is 1. The molecule has 0 bridgehead atoms. The maximum atomic E-state index is 13.0. The van der Waals surface area contributed by atoms with Gasteiger partial charge >= 0.3 is 0 Å². The highest BCUT2D eigenvalue weighted by Crippen LogP contribution is 2.30. The third-order valence-electron chi connectivity index (χ3n) is 4.97. The van der Waals surface area contributed by atoms with Gasteiger partial charge in [-0.15, -0.1) is 24.8 Å². The maximum absolute atomic E-state index is 13.0. The maximum Gasteiger partial charge on any atom is 0.240 e. The molecule has 132 valence electrons. The van der Waals surface area contributed by atoms with E-state index in [1.807, 2.05) is 4.90 Å². The van der Waals surface area contributed by atoms with Gasteiger partial charge in [-0.2, -0.15) is 0 Å². The minimum absolute atomic E-state index is 0. The van der Waals surface area contributed by atoms with E-state index >= 15 is 0 Å². The van der Waals surface area contributed by atoms with E-state index in [0.29, 0.717) is 11.8 Å². The summed E-state index contributed by atoms with van der Waals surface area (Å²) in [5.74, 6) is 0.957. The zero-order valence-electron chi connectivity index (χ0n) is 14.1. The number of carbonyl (C=O) groups is 1. The zero-order valence-corrected chi connectivity index (χ0v) is 15.7. The van der Waals surface area contributed by atoms with E-state index in [0.717, 1.165) is 39.3 Å². The van der Waals surface area contributed by atoms with Gasteiger partial charge in [-0.1, -0.05) is 19.3 Å². The molecule has 1 amide bonds. The summed E-state index contributed by atoms with van der Waals surface area (Å²) in [5.41, 5.74) is 0. The summed E-state index contributed by atoms with van der Waals surface area (Å²) in [6.45, 7) is 9.95. The molecule has 0 aromatic heterocycles. The van der Waals surface area contributed by atoms with Gasteiger partial charge in [-0.05, 0) is 32.6 Å². The number of nitrogens with zero attached hydrogens (tertiary/aromatic N) is 2. The van der Waals surface area contributed by atoms with E-state index in [1.165, 1.54) is 32.1 Å². The van der Waals surface area contributed by atoms with Crippen molar-refractivity contribution in [3.8, 4) is 0 Å². The second-order valence-corrected chi connectivity index (χ2v) is 6.14. The normalized spacial score (nSPS) is 21.4. The van der Waals surface area contributed by atoms with Gasteiger partial charge in [0.25, 0.3) is 0 Å².